The molecule has 0 aromatic heterocycles. The van der Waals surface area contributed by atoms with Gasteiger partial charge in [0.05, 0.1) is 6.61 Å². The first kappa shape index (κ1) is 9.05. The van der Waals surface area contributed by atoms with Gasteiger partial charge in [-0.25, -0.2) is 0 Å². The minimum Gasteiger partial charge on any atom is -0.391 e. The molecule has 0 atom stereocenters. The lowest BCUT2D eigenvalue weighted by Gasteiger charge is -1.88. The highest BCUT2D eigenvalue weighted by molar-refractivity contribution is 8.03. The average Bonchev–Trinajstić information content (AvgIpc) is 2.43. The van der Waals surface area contributed by atoms with Crippen molar-refractivity contribution < 1.29 is 5.11 Å². The molecule has 9 heavy (non-hydrogen) atoms. The Morgan fingerprint density at radius 1 is 1.67 bits per heavy atom. The first-order valence-corrected chi connectivity index (χ1v) is 4.35. The Balaban J connectivity index is 0.000000291. The highest BCUT2D eigenvalue weighted by atomic mass is 32.2. The summed E-state index contributed by atoms with van der Waals surface area (Å²) in [5, 5.41) is 8.48. The van der Waals surface area contributed by atoms with E-state index in [1.807, 2.05) is 13.8 Å². The summed E-state index contributed by atoms with van der Waals surface area (Å²) in [7, 11) is 0. The van der Waals surface area contributed by atoms with E-state index in [2.05, 4.69) is 6.08 Å². The van der Waals surface area contributed by atoms with Crippen LogP contribution >= 0.6 is 11.8 Å². The molecule has 0 spiro atoms. The molecule has 1 aliphatic heterocycles. The molecule has 0 saturated carbocycles. The molecule has 54 valence electrons. The zero-order valence-corrected chi connectivity index (χ0v) is 6.87. The summed E-state index contributed by atoms with van der Waals surface area (Å²) in [4.78, 5) is 1.14. The van der Waals surface area contributed by atoms with Gasteiger partial charge in [0.15, 0.2) is 0 Å². The lowest BCUT2D eigenvalue weighted by molar-refractivity contribution is 0.339. The molecule has 0 bridgehead atoms. The Labute approximate surface area is 61.2 Å². The second-order valence-corrected chi connectivity index (χ2v) is 2.69. The van der Waals surface area contributed by atoms with Crippen LogP contribution in [0.4, 0.5) is 0 Å². The van der Waals surface area contributed by atoms with E-state index in [1.54, 1.807) is 11.8 Å². The zero-order chi connectivity index (χ0) is 7.11. The minimum absolute atomic E-state index is 0.241. The summed E-state index contributed by atoms with van der Waals surface area (Å²) >= 11 is 1.75. The standard InChI is InChI=1S/C5H8OS.C2H6/c6-4-5-2-1-3-7-5;1-2/h2,6H,1,3-4H2;1-2H3. The van der Waals surface area contributed by atoms with Crippen LogP contribution in [0.15, 0.2) is 11.0 Å². The molecule has 0 fully saturated rings. The molecular weight excluding hydrogens is 132 g/mol. The maximum atomic E-state index is 8.48. The van der Waals surface area contributed by atoms with Crippen molar-refractivity contribution in [1.82, 2.24) is 0 Å². The van der Waals surface area contributed by atoms with Gasteiger partial charge in [-0.15, -0.1) is 11.8 Å². The van der Waals surface area contributed by atoms with Crippen LogP contribution in [0.2, 0.25) is 0 Å². The van der Waals surface area contributed by atoms with Crippen LogP contribution in [0.3, 0.4) is 0 Å². The number of allylic oxidation sites excluding steroid dienone is 1. The number of thioether (sulfide) groups is 1. The normalized spacial score (nSPS) is 16.1. The second kappa shape index (κ2) is 6.17. The van der Waals surface area contributed by atoms with Gasteiger partial charge in [-0.05, 0) is 6.42 Å². The second-order valence-electron chi connectivity index (χ2n) is 1.47. The van der Waals surface area contributed by atoms with E-state index in [0.29, 0.717) is 0 Å². The molecule has 1 aliphatic rings. The van der Waals surface area contributed by atoms with Crippen molar-refractivity contribution in [2.75, 3.05) is 12.4 Å². The number of hydrogen-bond acceptors (Lipinski definition) is 2. The van der Waals surface area contributed by atoms with Gasteiger partial charge in [0, 0.05) is 10.7 Å². The number of aliphatic hydroxyl groups is 1. The quantitative estimate of drug-likeness (QED) is 0.610. The molecule has 2 heteroatoms. The van der Waals surface area contributed by atoms with E-state index in [1.165, 1.54) is 0 Å². The largest absolute Gasteiger partial charge is 0.391 e. The fraction of sp³-hybridized carbons (Fsp3) is 0.714. The van der Waals surface area contributed by atoms with Gasteiger partial charge in [-0.3, -0.25) is 0 Å². The average molecular weight is 146 g/mol. The van der Waals surface area contributed by atoms with Gasteiger partial charge < -0.3 is 5.11 Å². The predicted octanol–water partition coefficient (Wildman–Crippen LogP) is 2.03. The van der Waals surface area contributed by atoms with Crippen molar-refractivity contribution >= 4 is 11.8 Å². The molecule has 0 aromatic carbocycles. The molecule has 0 radical (unpaired) electrons. The van der Waals surface area contributed by atoms with Crippen LogP contribution in [-0.4, -0.2) is 17.5 Å². The van der Waals surface area contributed by atoms with Crippen LogP contribution < -0.4 is 0 Å². The highest BCUT2D eigenvalue weighted by Gasteiger charge is 2.00. The number of rotatable bonds is 1. The molecule has 0 amide bonds. The molecule has 1 N–H and O–H groups in total. The highest BCUT2D eigenvalue weighted by Crippen LogP contribution is 2.22. The van der Waals surface area contributed by atoms with Crippen molar-refractivity contribution in [3.05, 3.63) is 11.0 Å². The van der Waals surface area contributed by atoms with E-state index in [4.69, 9.17) is 5.11 Å². The summed E-state index contributed by atoms with van der Waals surface area (Å²) in [6.45, 7) is 4.24. The molecule has 0 unspecified atom stereocenters. The van der Waals surface area contributed by atoms with E-state index < -0.39 is 0 Å². The van der Waals surface area contributed by atoms with E-state index in [0.717, 1.165) is 17.1 Å². The molecule has 0 aliphatic carbocycles. The van der Waals surface area contributed by atoms with Crippen molar-refractivity contribution in [1.29, 1.82) is 0 Å². The third kappa shape index (κ3) is 3.60. The summed E-state index contributed by atoms with van der Waals surface area (Å²) < 4.78 is 0. The Kier molecular flexibility index (Phi) is 6.21. The molecule has 1 nitrogen and oxygen atoms in total. The lowest BCUT2D eigenvalue weighted by atomic mass is 10.4. The maximum absolute atomic E-state index is 8.48. The van der Waals surface area contributed by atoms with Gasteiger partial charge in [0.2, 0.25) is 0 Å². The van der Waals surface area contributed by atoms with Crippen molar-refractivity contribution in [3.8, 4) is 0 Å². The van der Waals surface area contributed by atoms with Gasteiger partial charge in [-0.2, -0.15) is 0 Å². The van der Waals surface area contributed by atoms with Crippen LogP contribution in [-0.2, 0) is 0 Å². The van der Waals surface area contributed by atoms with Crippen LogP contribution in [0.25, 0.3) is 0 Å². The fourth-order valence-corrected chi connectivity index (χ4v) is 1.40. The van der Waals surface area contributed by atoms with Crippen LogP contribution in [0.5, 0.6) is 0 Å². The third-order valence-corrected chi connectivity index (χ3v) is 2.04. The van der Waals surface area contributed by atoms with E-state index >= 15 is 0 Å². The van der Waals surface area contributed by atoms with Gasteiger partial charge in [0.25, 0.3) is 0 Å². The molecule has 1 rings (SSSR count). The predicted molar refractivity (Wildman–Crippen MR) is 43.6 cm³/mol. The number of hydrogen-bond donors (Lipinski definition) is 1. The van der Waals surface area contributed by atoms with Crippen molar-refractivity contribution in [2.24, 2.45) is 0 Å². The SMILES string of the molecule is CC.OCC1=CCCS1. The van der Waals surface area contributed by atoms with Crippen molar-refractivity contribution in [3.63, 3.8) is 0 Å². The molecular formula is C7H14OS. The maximum Gasteiger partial charge on any atom is 0.0737 e. The summed E-state index contributed by atoms with van der Waals surface area (Å²) in [6.07, 6.45) is 3.23. The molecule has 1 heterocycles. The summed E-state index contributed by atoms with van der Waals surface area (Å²) in [5.74, 6) is 1.16. The van der Waals surface area contributed by atoms with Gasteiger partial charge in [-0.1, -0.05) is 19.9 Å². The van der Waals surface area contributed by atoms with Crippen molar-refractivity contribution in [2.45, 2.75) is 20.3 Å². The monoisotopic (exact) mass is 146 g/mol. The number of aliphatic hydroxyl groups excluding tert-OH is 1. The Morgan fingerprint density at radius 2 is 2.33 bits per heavy atom. The first-order chi connectivity index (χ1) is 4.43. The minimum atomic E-state index is 0.241. The van der Waals surface area contributed by atoms with Crippen LogP contribution in [0.1, 0.15) is 20.3 Å². The first-order valence-electron chi connectivity index (χ1n) is 3.36. The summed E-state index contributed by atoms with van der Waals surface area (Å²) in [6, 6.07) is 0. The Hall–Kier alpha value is 0.0500. The van der Waals surface area contributed by atoms with Gasteiger partial charge >= 0.3 is 0 Å². The topological polar surface area (TPSA) is 20.2 Å². The smallest absolute Gasteiger partial charge is 0.0737 e. The fourth-order valence-electron chi connectivity index (χ4n) is 0.579. The molecule has 0 saturated heterocycles. The Bertz CT molecular complexity index is 88.9. The summed E-state index contributed by atoms with van der Waals surface area (Å²) in [5.41, 5.74) is 0. The third-order valence-electron chi connectivity index (χ3n) is 0.933. The molecule has 0 aromatic rings. The zero-order valence-electron chi connectivity index (χ0n) is 6.05. The van der Waals surface area contributed by atoms with E-state index in [9.17, 15) is 0 Å². The van der Waals surface area contributed by atoms with E-state index in [-0.39, 0.29) is 6.61 Å². The van der Waals surface area contributed by atoms with Crippen LogP contribution in [0, 0.1) is 0 Å². The lowest BCUT2D eigenvalue weighted by Crippen LogP contribution is -1.77. The Morgan fingerprint density at radius 3 is 2.56 bits per heavy atom. The van der Waals surface area contributed by atoms with Gasteiger partial charge in [0.1, 0.15) is 0 Å².